The van der Waals surface area contributed by atoms with Crippen LogP contribution in [-0.2, 0) is 9.59 Å². The fourth-order valence-electron chi connectivity index (χ4n) is 0.869. The molecule has 0 atom stereocenters. The van der Waals surface area contributed by atoms with Crippen LogP contribution in [0.1, 0.15) is 0 Å². The topological polar surface area (TPSA) is 63.6 Å². The van der Waals surface area contributed by atoms with E-state index in [1.54, 1.807) is 0 Å². The van der Waals surface area contributed by atoms with E-state index < -0.39 is 16.8 Å². The number of carbonyl (C=O) groups excluding carboxylic acids is 1. The first-order chi connectivity index (χ1) is 7.54. The molecule has 1 rings (SSSR count). The number of carbonyl (C=O) groups is 2. The molecule has 16 heavy (non-hydrogen) atoms. The normalized spacial score (nSPS) is 11.6. The van der Waals surface area contributed by atoms with Crippen molar-refractivity contribution in [3.63, 3.8) is 0 Å². The Morgan fingerprint density at radius 1 is 1.31 bits per heavy atom. The first-order valence-electron chi connectivity index (χ1n) is 4.06. The largest absolute Gasteiger partial charge is 0.475 e. The lowest BCUT2D eigenvalue weighted by Crippen LogP contribution is -2.10. The second-order valence-corrected chi connectivity index (χ2v) is 3.50. The van der Waals surface area contributed by atoms with Gasteiger partial charge in [-0.15, -0.1) is 0 Å². The molecule has 0 aliphatic heterocycles. The molecule has 1 aromatic rings. The molecule has 1 aromatic carbocycles. The van der Waals surface area contributed by atoms with Crippen LogP contribution in [0.5, 0.6) is 5.75 Å². The third-order valence-electron chi connectivity index (χ3n) is 1.55. The van der Waals surface area contributed by atoms with E-state index in [1.807, 2.05) is 0 Å². The summed E-state index contributed by atoms with van der Waals surface area (Å²) in [5, 5.41) is 8.71. The van der Waals surface area contributed by atoms with Crippen LogP contribution in [0.2, 0.25) is 5.02 Å². The number of carboxylic acid groups (broad SMARTS) is 1. The van der Waals surface area contributed by atoms with Crippen molar-refractivity contribution in [2.45, 2.75) is 0 Å². The first kappa shape index (κ1) is 12.5. The molecular formula is C10H6Cl2O4. The minimum atomic E-state index is -1.42. The number of aliphatic carboxylic acids is 1. The molecule has 1 N–H and O–H groups in total. The summed E-state index contributed by atoms with van der Waals surface area (Å²) in [4.78, 5) is 21.1. The molecule has 0 radical (unpaired) electrons. The Balaban J connectivity index is 2.97. The molecule has 0 unspecified atom stereocenters. The van der Waals surface area contributed by atoms with Crippen molar-refractivity contribution >= 4 is 35.5 Å². The fraction of sp³-hybridized carbons (Fsp3) is 0. The van der Waals surface area contributed by atoms with Crippen molar-refractivity contribution in [3.05, 3.63) is 40.1 Å². The van der Waals surface area contributed by atoms with E-state index >= 15 is 0 Å². The zero-order valence-electron chi connectivity index (χ0n) is 7.81. The van der Waals surface area contributed by atoms with Gasteiger partial charge in [-0.05, 0) is 24.3 Å². The Bertz CT molecular complexity index is 437. The van der Waals surface area contributed by atoms with Crippen molar-refractivity contribution < 1.29 is 19.4 Å². The van der Waals surface area contributed by atoms with Crippen molar-refractivity contribution in [3.8, 4) is 5.75 Å². The summed E-state index contributed by atoms with van der Waals surface area (Å²) in [6.07, 6.45) is 0.195. The molecule has 0 heterocycles. The van der Waals surface area contributed by atoms with E-state index in [2.05, 4.69) is 0 Å². The minimum Gasteiger partial charge on any atom is -0.475 e. The van der Waals surface area contributed by atoms with Crippen LogP contribution in [0.25, 0.3) is 0 Å². The Kier molecular flexibility index (Phi) is 4.34. The highest BCUT2D eigenvalue weighted by Crippen LogP contribution is 2.19. The smallest absolute Gasteiger partial charge is 0.373 e. The Hall–Kier alpha value is -1.52. The Morgan fingerprint density at radius 2 is 1.88 bits per heavy atom. The highest BCUT2D eigenvalue weighted by molar-refractivity contribution is 6.40. The average Bonchev–Trinajstić information content (AvgIpc) is 2.27. The van der Waals surface area contributed by atoms with E-state index in [0.29, 0.717) is 5.02 Å². The summed E-state index contributed by atoms with van der Waals surface area (Å²) in [6.45, 7) is 0. The SMILES string of the molecule is O=C/C(Cl)=C(/Oc1ccc(Cl)cc1)C(=O)O. The molecular weight excluding hydrogens is 255 g/mol. The molecule has 0 saturated carbocycles. The molecule has 0 spiro atoms. The van der Waals surface area contributed by atoms with Gasteiger partial charge in [0.1, 0.15) is 10.8 Å². The van der Waals surface area contributed by atoms with Gasteiger partial charge < -0.3 is 9.84 Å². The highest BCUT2D eigenvalue weighted by Gasteiger charge is 2.15. The van der Waals surface area contributed by atoms with Crippen molar-refractivity contribution in [1.82, 2.24) is 0 Å². The van der Waals surface area contributed by atoms with E-state index in [9.17, 15) is 9.59 Å². The van der Waals surface area contributed by atoms with Crippen molar-refractivity contribution in [2.75, 3.05) is 0 Å². The summed E-state index contributed by atoms with van der Waals surface area (Å²) >= 11 is 11.0. The molecule has 0 aromatic heterocycles. The van der Waals surface area contributed by atoms with Gasteiger partial charge in [-0.1, -0.05) is 23.2 Å². The van der Waals surface area contributed by atoms with E-state index in [1.165, 1.54) is 24.3 Å². The number of hydrogen-bond acceptors (Lipinski definition) is 3. The van der Waals surface area contributed by atoms with E-state index in [-0.39, 0.29) is 12.0 Å². The third kappa shape index (κ3) is 3.25. The molecule has 0 amide bonds. The van der Waals surface area contributed by atoms with Crippen LogP contribution >= 0.6 is 23.2 Å². The summed E-state index contributed by atoms with van der Waals surface area (Å²) in [6, 6.07) is 5.96. The number of benzene rings is 1. The fourth-order valence-corrected chi connectivity index (χ4v) is 1.11. The second-order valence-electron chi connectivity index (χ2n) is 2.66. The summed E-state index contributed by atoms with van der Waals surface area (Å²) in [7, 11) is 0. The number of rotatable bonds is 4. The Labute approximate surface area is 101 Å². The van der Waals surface area contributed by atoms with Gasteiger partial charge in [0.05, 0.1) is 0 Å². The van der Waals surface area contributed by atoms with Crippen LogP contribution in [-0.4, -0.2) is 17.4 Å². The predicted octanol–water partition coefficient (Wildman–Crippen LogP) is 2.45. The molecule has 84 valence electrons. The summed E-state index contributed by atoms with van der Waals surface area (Å²) < 4.78 is 4.94. The number of carboxylic acids is 1. The van der Waals surface area contributed by atoms with Gasteiger partial charge in [0.25, 0.3) is 0 Å². The Morgan fingerprint density at radius 3 is 2.31 bits per heavy atom. The van der Waals surface area contributed by atoms with Gasteiger partial charge in [0, 0.05) is 5.02 Å². The molecule has 4 nitrogen and oxygen atoms in total. The maximum absolute atomic E-state index is 10.7. The maximum Gasteiger partial charge on any atom is 0.373 e. The summed E-state index contributed by atoms with van der Waals surface area (Å²) in [5.74, 6) is -1.83. The third-order valence-corrected chi connectivity index (χ3v) is 2.06. The lowest BCUT2D eigenvalue weighted by molar-refractivity contribution is -0.135. The number of halogens is 2. The standard InChI is InChI=1S/C10H6Cl2O4/c11-6-1-3-7(4-2-6)16-9(10(14)15)8(12)5-13/h1-5H,(H,14,15)/b9-8-. The maximum atomic E-state index is 10.7. The average molecular weight is 261 g/mol. The van der Waals surface area contributed by atoms with Crippen LogP contribution in [0, 0.1) is 0 Å². The van der Waals surface area contributed by atoms with Crippen LogP contribution in [0.4, 0.5) is 0 Å². The molecule has 0 aliphatic carbocycles. The molecule has 6 heteroatoms. The minimum absolute atomic E-state index is 0.195. The molecule has 0 aliphatic rings. The first-order valence-corrected chi connectivity index (χ1v) is 4.82. The lowest BCUT2D eigenvalue weighted by atomic mass is 10.3. The molecule has 0 saturated heterocycles. The number of allylic oxidation sites excluding steroid dienone is 1. The number of aldehydes is 1. The van der Waals surface area contributed by atoms with Crippen molar-refractivity contribution in [1.29, 1.82) is 0 Å². The van der Waals surface area contributed by atoms with E-state index in [4.69, 9.17) is 33.0 Å². The van der Waals surface area contributed by atoms with Crippen LogP contribution in [0.3, 0.4) is 0 Å². The zero-order valence-corrected chi connectivity index (χ0v) is 9.33. The molecule has 0 fully saturated rings. The van der Waals surface area contributed by atoms with Crippen LogP contribution in [0.15, 0.2) is 35.1 Å². The van der Waals surface area contributed by atoms with Crippen LogP contribution < -0.4 is 4.74 Å². The van der Waals surface area contributed by atoms with Gasteiger partial charge in [-0.3, -0.25) is 4.79 Å². The monoisotopic (exact) mass is 260 g/mol. The van der Waals surface area contributed by atoms with Gasteiger partial charge in [0.15, 0.2) is 6.29 Å². The predicted molar refractivity (Wildman–Crippen MR) is 58.7 cm³/mol. The van der Waals surface area contributed by atoms with Crippen molar-refractivity contribution in [2.24, 2.45) is 0 Å². The van der Waals surface area contributed by atoms with E-state index in [0.717, 1.165) is 0 Å². The second kappa shape index (κ2) is 5.53. The lowest BCUT2D eigenvalue weighted by Gasteiger charge is -2.06. The number of ether oxygens (including phenoxy) is 1. The molecule has 0 bridgehead atoms. The number of hydrogen-bond donors (Lipinski definition) is 1. The van der Waals surface area contributed by atoms with Gasteiger partial charge in [0.2, 0.25) is 5.76 Å². The summed E-state index contributed by atoms with van der Waals surface area (Å²) in [5.41, 5.74) is 0. The van der Waals surface area contributed by atoms with Gasteiger partial charge in [-0.25, -0.2) is 4.79 Å². The quantitative estimate of drug-likeness (QED) is 0.513. The highest BCUT2D eigenvalue weighted by atomic mass is 35.5. The van der Waals surface area contributed by atoms with Gasteiger partial charge >= 0.3 is 5.97 Å². The van der Waals surface area contributed by atoms with Gasteiger partial charge in [-0.2, -0.15) is 0 Å². The zero-order chi connectivity index (χ0) is 12.1.